The number of halogens is 1. The van der Waals surface area contributed by atoms with Crippen molar-refractivity contribution in [1.82, 2.24) is 10.2 Å². The zero-order valence-electron chi connectivity index (χ0n) is 11.2. The molecule has 1 saturated heterocycles. The predicted octanol–water partition coefficient (Wildman–Crippen LogP) is 1.33. The van der Waals surface area contributed by atoms with Gasteiger partial charge in [-0.15, -0.1) is 0 Å². The van der Waals surface area contributed by atoms with Gasteiger partial charge in [-0.2, -0.15) is 0 Å². The molecule has 1 aromatic rings. The normalized spacial score (nSPS) is 20.9. The van der Waals surface area contributed by atoms with E-state index in [1.807, 2.05) is 6.92 Å². The van der Waals surface area contributed by atoms with E-state index in [1.54, 1.807) is 25.2 Å². The molecule has 1 aliphatic heterocycles. The highest BCUT2D eigenvalue weighted by Gasteiger charge is 2.28. The Kier molecular flexibility index (Phi) is 4.50. The second kappa shape index (κ2) is 6.12. The Balaban J connectivity index is 2.08. The lowest BCUT2D eigenvalue weighted by molar-refractivity contribution is -0.145. The van der Waals surface area contributed by atoms with Crippen molar-refractivity contribution in [2.75, 3.05) is 26.7 Å². The van der Waals surface area contributed by atoms with Crippen LogP contribution in [0, 0.1) is 5.82 Å². The van der Waals surface area contributed by atoms with Crippen LogP contribution in [-0.4, -0.2) is 43.7 Å². The molecule has 19 heavy (non-hydrogen) atoms. The number of carbonyl (C=O) groups is 1. The van der Waals surface area contributed by atoms with Crippen molar-refractivity contribution in [3.8, 4) is 0 Å². The Morgan fingerprint density at radius 1 is 1.53 bits per heavy atom. The molecule has 104 valence electrons. The maximum Gasteiger partial charge on any atom is 0.253 e. The quantitative estimate of drug-likeness (QED) is 0.897. The SMILES string of the molecule is CC(c1ccccc1F)N(C)C(=O)C1CNCCO1. The van der Waals surface area contributed by atoms with Gasteiger partial charge in [0.15, 0.2) is 0 Å². The van der Waals surface area contributed by atoms with Gasteiger partial charge in [0.05, 0.1) is 12.6 Å². The van der Waals surface area contributed by atoms with E-state index in [0.717, 1.165) is 6.54 Å². The molecule has 1 aliphatic rings. The Labute approximate surface area is 112 Å². The maximum atomic E-state index is 13.7. The van der Waals surface area contributed by atoms with Crippen LogP contribution < -0.4 is 5.32 Å². The van der Waals surface area contributed by atoms with E-state index in [1.165, 1.54) is 11.0 Å². The fraction of sp³-hybridized carbons (Fsp3) is 0.500. The molecule has 0 bridgehead atoms. The first-order valence-corrected chi connectivity index (χ1v) is 6.44. The van der Waals surface area contributed by atoms with Crippen LogP contribution in [0.15, 0.2) is 24.3 Å². The molecular weight excluding hydrogens is 247 g/mol. The number of morpholine rings is 1. The lowest BCUT2D eigenvalue weighted by atomic mass is 10.1. The smallest absolute Gasteiger partial charge is 0.253 e. The van der Waals surface area contributed by atoms with Crippen LogP contribution in [0.1, 0.15) is 18.5 Å². The Bertz CT molecular complexity index is 447. The van der Waals surface area contributed by atoms with E-state index in [4.69, 9.17) is 4.74 Å². The maximum absolute atomic E-state index is 13.7. The van der Waals surface area contributed by atoms with Gasteiger partial charge in [-0.3, -0.25) is 4.79 Å². The Hall–Kier alpha value is -1.46. The zero-order valence-corrected chi connectivity index (χ0v) is 11.2. The van der Waals surface area contributed by atoms with Crippen LogP contribution in [0.2, 0.25) is 0 Å². The third-order valence-corrected chi connectivity index (χ3v) is 3.49. The zero-order chi connectivity index (χ0) is 13.8. The van der Waals surface area contributed by atoms with Gasteiger partial charge in [0.2, 0.25) is 0 Å². The minimum Gasteiger partial charge on any atom is -0.366 e. The summed E-state index contributed by atoms with van der Waals surface area (Å²) in [5.41, 5.74) is 0.516. The third kappa shape index (κ3) is 3.11. The molecule has 2 rings (SSSR count). The molecular formula is C14H19FN2O2. The summed E-state index contributed by atoms with van der Waals surface area (Å²) in [6.07, 6.45) is -0.479. The van der Waals surface area contributed by atoms with E-state index in [-0.39, 0.29) is 17.8 Å². The number of amides is 1. The second-order valence-electron chi connectivity index (χ2n) is 4.71. The molecule has 2 unspecified atom stereocenters. The van der Waals surface area contributed by atoms with Crippen molar-refractivity contribution < 1.29 is 13.9 Å². The van der Waals surface area contributed by atoms with Gasteiger partial charge in [0, 0.05) is 25.7 Å². The number of nitrogens with one attached hydrogen (secondary N) is 1. The van der Waals surface area contributed by atoms with Crippen molar-refractivity contribution in [1.29, 1.82) is 0 Å². The van der Waals surface area contributed by atoms with Crippen molar-refractivity contribution in [2.24, 2.45) is 0 Å². The average molecular weight is 266 g/mol. The lowest BCUT2D eigenvalue weighted by Crippen LogP contribution is -2.48. The largest absolute Gasteiger partial charge is 0.366 e. The highest BCUT2D eigenvalue weighted by atomic mass is 19.1. The van der Waals surface area contributed by atoms with Gasteiger partial charge in [-0.05, 0) is 13.0 Å². The number of benzene rings is 1. The molecule has 1 aromatic carbocycles. The topological polar surface area (TPSA) is 41.6 Å². The van der Waals surface area contributed by atoms with Crippen molar-refractivity contribution >= 4 is 5.91 Å². The highest BCUT2D eigenvalue weighted by Crippen LogP contribution is 2.22. The van der Waals surface area contributed by atoms with Gasteiger partial charge in [0.1, 0.15) is 11.9 Å². The van der Waals surface area contributed by atoms with Crippen molar-refractivity contribution in [3.63, 3.8) is 0 Å². The summed E-state index contributed by atoms with van der Waals surface area (Å²) < 4.78 is 19.2. The first-order valence-electron chi connectivity index (χ1n) is 6.44. The van der Waals surface area contributed by atoms with Crippen LogP contribution in [0.4, 0.5) is 4.39 Å². The average Bonchev–Trinajstić information content (AvgIpc) is 2.46. The van der Waals surface area contributed by atoms with Gasteiger partial charge in [-0.25, -0.2) is 4.39 Å². The standard InChI is InChI=1S/C14H19FN2O2/c1-10(11-5-3-4-6-12(11)15)17(2)14(18)13-9-16-7-8-19-13/h3-6,10,13,16H,7-9H2,1-2H3. The van der Waals surface area contributed by atoms with E-state index in [2.05, 4.69) is 5.32 Å². The first-order chi connectivity index (χ1) is 9.11. The molecule has 0 aliphatic carbocycles. The minimum absolute atomic E-state index is 0.122. The molecule has 0 radical (unpaired) electrons. The molecule has 0 saturated carbocycles. The fourth-order valence-electron chi connectivity index (χ4n) is 2.16. The number of carbonyl (C=O) groups excluding carboxylic acids is 1. The van der Waals surface area contributed by atoms with Gasteiger partial charge in [0.25, 0.3) is 5.91 Å². The number of ether oxygens (including phenoxy) is 1. The van der Waals surface area contributed by atoms with E-state index >= 15 is 0 Å². The Morgan fingerprint density at radius 3 is 2.89 bits per heavy atom. The van der Waals surface area contributed by atoms with E-state index in [0.29, 0.717) is 18.7 Å². The summed E-state index contributed by atoms with van der Waals surface area (Å²) in [4.78, 5) is 13.8. The molecule has 5 heteroatoms. The van der Waals surface area contributed by atoms with E-state index in [9.17, 15) is 9.18 Å². The van der Waals surface area contributed by atoms with E-state index < -0.39 is 6.10 Å². The van der Waals surface area contributed by atoms with Crippen molar-refractivity contribution in [3.05, 3.63) is 35.6 Å². The molecule has 1 fully saturated rings. The van der Waals surface area contributed by atoms with Crippen LogP contribution in [0.5, 0.6) is 0 Å². The molecule has 2 atom stereocenters. The molecule has 1 amide bonds. The monoisotopic (exact) mass is 266 g/mol. The minimum atomic E-state index is -0.479. The highest BCUT2D eigenvalue weighted by molar-refractivity contribution is 5.81. The molecule has 4 nitrogen and oxygen atoms in total. The summed E-state index contributed by atoms with van der Waals surface area (Å²) in [6, 6.07) is 6.19. The van der Waals surface area contributed by atoms with Gasteiger partial charge < -0.3 is 15.0 Å². The predicted molar refractivity (Wildman–Crippen MR) is 70.2 cm³/mol. The number of nitrogens with zero attached hydrogens (tertiary/aromatic N) is 1. The summed E-state index contributed by atoms with van der Waals surface area (Å²) in [6.45, 7) is 3.61. The first kappa shape index (κ1) is 14.0. The summed E-state index contributed by atoms with van der Waals surface area (Å²) in [5, 5.41) is 3.11. The van der Waals surface area contributed by atoms with Crippen LogP contribution >= 0.6 is 0 Å². The summed E-state index contributed by atoms with van der Waals surface area (Å²) in [7, 11) is 1.68. The molecule has 1 heterocycles. The van der Waals surface area contributed by atoms with Crippen LogP contribution in [0.25, 0.3) is 0 Å². The summed E-state index contributed by atoms with van der Waals surface area (Å²) in [5.74, 6) is -0.416. The fourth-order valence-corrected chi connectivity index (χ4v) is 2.16. The summed E-state index contributed by atoms with van der Waals surface area (Å²) >= 11 is 0. The second-order valence-corrected chi connectivity index (χ2v) is 4.71. The van der Waals surface area contributed by atoms with Gasteiger partial charge >= 0.3 is 0 Å². The number of hydrogen-bond donors (Lipinski definition) is 1. The molecule has 0 spiro atoms. The van der Waals surface area contributed by atoms with Gasteiger partial charge in [-0.1, -0.05) is 18.2 Å². The Morgan fingerprint density at radius 2 is 2.26 bits per heavy atom. The third-order valence-electron chi connectivity index (χ3n) is 3.49. The number of likely N-dealkylation sites (N-methyl/N-ethyl adjacent to an activating group) is 1. The molecule has 1 N–H and O–H groups in total. The van der Waals surface area contributed by atoms with Crippen LogP contribution in [-0.2, 0) is 9.53 Å². The number of rotatable bonds is 3. The van der Waals surface area contributed by atoms with Crippen LogP contribution in [0.3, 0.4) is 0 Å². The lowest BCUT2D eigenvalue weighted by Gasteiger charge is -2.31. The molecule has 0 aromatic heterocycles. The number of hydrogen-bond acceptors (Lipinski definition) is 3. The van der Waals surface area contributed by atoms with Crippen molar-refractivity contribution in [2.45, 2.75) is 19.1 Å².